The number of aliphatic hydroxyl groups is 1. The first-order valence-electron chi connectivity index (χ1n) is 8.62. The number of nitriles is 1. The van der Waals surface area contributed by atoms with Crippen molar-refractivity contribution in [3.8, 4) is 17.3 Å². The quantitative estimate of drug-likeness (QED) is 0.645. The van der Waals surface area contributed by atoms with Gasteiger partial charge in [0.05, 0.1) is 12.2 Å². The molecule has 0 radical (unpaired) electrons. The van der Waals surface area contributed by atoms with Crippen LogP contribution in [0.5, 0.6) is 0 Å². The van der Waals surface area contributed by atoms with Crippen molar-refractivity contribution in [2.75, 3.05) is 19.6 Å². The van der Waals surface area contributed by atoms with Crippen molar-refractivity contribution >= 4 is 16.9 Å². The Morgan fingerprint density at radius 1 is 1.28 bits per heavy atom. The van der Waals surface area contributed by atoms with Crippen LogP contribution in [0.3, 0.4) is 0 Å². The van der Waals surface area contributed by atoms with Crippen LogP contribution in [0.4, 0.5) is 0 Å². The topological polar surface area (TPSA) is 60.1 Å². The molecule has 0 amide bonds. The van der Waals surface area contributed by atoms with Crippen molar-refractivity contribution in [2.45, 2.75) is 20.3 Å². The van der Waals surface area contributed by atoms with Crippen molar-refractivity contribution in [3.05, 3.63) is 46.5 Å². The molecule has 2 atom stereocenters. The lowest BCUT2D eigenvalue weighted by Gasteiger charge is -2.34. The predicted octanol–water partition coefficient (Wildman–Crippen LogP) is 4.58. The van der Waals surface area contributed by atoms with Gasteiger partial charge in [-0.2, -0.15) is 5.26 Å². The maximum atomic E-state index is 10.5. The highest BCUT2D eigenvalue weighted by molar-refractivity contribution is 7.11. The zero-order valence-corrected chi connectivity index (χ0v) is 15.5. The summed E-state index contributed by atoms with van der Waals surface area (Å²) in [6, 6.07) is 12.0. The van der Waals surface area contributed by atoms with Crippen LogP contribution in [0, 0.1) is 23.2 Å². The van der Waals surface area contributed by atoms with Gasteiger partial charge in [0.25, 0.3) is 0 Å². The molecular weight excluding hydrogens is 330 g/mol. The van der Waals surface area contributed by atoms with Gasteiger partial charge in [-0.1, -0.05) is 44.2 Å². The van der Waals surface area contributed by atoms with Gasteiger partial charge in [-0.05, 0) is 18.3 Å². The summed E-state index contributed by atoms with van der Waals surface area (Å²) in [5.74, 6) is 1.36. The molecule has 25 heavy (non-hydrogen) atoms. The van der Waals surface area contributed by atoms with E-state index < -0.39 is 0 Å². The average molecular weight is 353 g/mol. The van der Waals surface area contributed by atoms with Gasteiger partial charge in [-0.25, -0.2) is 4.98 Å². The minimum atomic E-state index is 0.123. The minimum Gasteiger partial charge on any atom is -0.509 e. The first-order chi connectivity index (χ1) is 12.1. The number of hydrogen-bond acceptors (Lipinski definition) is 5. The highest BCUT2D eigenvalue weighted by atomic mass is 32.1. The molecule has 2 aromatic rings. The van der Waals surface area contributed by atoms with Gasteiger partial charge in [0, 0.05) is 24.0 Å². The smallest absolute Gasteiger partial charge is 0.138 e. The second-order valence-corrected chi connectivity index (χ2v) is 7.84. The number of nitrogens with zero attached hydrogens (tertiary/aromatic N) is 3. The standard InChI is InChI=1S/C20H23N3OS/c1-14-8-15(2)11-23(10-14)12-19(24)17(9-21)20-22-18(13-25-20)16-6-4-3-5-7-16/h3-7,13-15,24H,8,10-12H2,1-2H3/b19-17-. The van der Waals surface area contributed by atoms with Crippen molar-refractivity contribution in [1.82, 2.24) is 9.88 Å². The third-order valence-electron chi connectivity index (χ3n) is 4.51. The molecule has 1 N–H and O–H groups in total. The SMILES string of the molecule is CC1CC(C)CN(C/C(O)=C(\C#N)c2nc(-c3ccccc3)cs2)C1. The van der Waals surface area contributed by atoms with E-state index in [4.69, 9.17) is 0 Å². The monoisotopic (exact) mass is 353 g/mol. The molecule has 0 spiro atoms. The van der Waals surface area contributed by atoms with E-state index in [1.54, 1.807) is 0 Å². The Morgan fingerprint density at radius 3 is 2.60 bits per heavy atom. The van der Waals surface area contributed by atoms with Crippen molar-refractivity contribution in [1.29, 1.82) is 5.26 Å². The molecule has 0 saturated carbocycles. The van der Waals surface area contributed by atoms with Crippen LogP contribution in [0.2, 0.25) is 0 Å². The zero-order chi connectivity index (χ0) is 17.8. The molecule has 4 nitrogen and oxygen atoms in total. The van der Waals surface area contributed by atoms with Crippen molar-refractivity contribution in [2.24, 2.45) is 11.8 Å². The number of likely N-dealkylation sites (tertiary alicyclic amines) is 1. The molecule has 3 rings (SSSR count). The largest absolute Gasteiger partial charge is 0.509 e. The van der Waals surface area contributed by atoms with Gasteiger partial charge in [0.15, 0.2) is 0 Å². The maximum Gasteiger partial charge on any atom is 0.138 e. The molecule has 1 aliphatic rings. The number of aliphatic hydroxyl groups excluding tert-OH is 1. The van der Waals surface area contributed by atoms with Crippen LogP contribution in [-0.4, -0.2) is 34.6 Å². The number of benzene rings is 1. The molecule has 0 bridgehead atoms. The Labute approximate surface area is 153 Å². The molecule has 1 aromatic carbocycles. The fourth-order valence-corrected chi connectivity index (χ4v) is 4.42. The zero-order valence-electron chi connectivity index (χ0n) is 14.6. The summed E-state index contributed by atoms with van der Waals surface area (Å²) >= 11 is 1.40. The summed E-state index contributed by atoms with van der Waals surface area (Å²) in [6.45, 7) is 6.81. The van der Waals surface area contributed by atoms with Crippen molar-refractivity contribution in [3.63, 3.8) is 0 Å². The Morgan fingerprint density at radius 2 is 1.96 bits per heavy atom. The van der Waals surface area contributed by atoms with Crippen LogP contribution in [0.25, 0.3) is 16.8 Å². The van der Waals surface area contributed by atoms with Gasteiger partial charge in [0.2, 0.25) is 0 Å². The number of thiazole rings is 1. The van der Waals surface area contributed by atoms with Crippen LogP contribution in [-0.2, 0) is 0 Å². The number of allylic oxidation sites excluding steroid dienone is 1. The fourth-order valence-electron chi connectivity index (χ4n) is 3.58. The Hall–Kier alpha value is -2.16. The van der Waals surface area contributed by atoms with Crippen LogP contribution < -0.4 is 0 Å². The first kappa shape index (κ1) is 17.7. The summed E-state index contributed by atoms with van der Waals surface area (Å²) in [6.07, 6.45) is 1.22. The molecule has 2 heterocycles. The van der Waals surface area contributed by atoms with E-state index in [9.17, 15) is 10.4 Å². The van der Waals surface area contributed by atoms with E-state index in [0.29, 0.717) is 23.4 Å². The highest BCUT2D eigenvalue weighted by Gasteiger charge is 2.24. The highest BCUT2D eigenvalue weighted by Crippen LogP contribution is 2.28. The molecule has 1 aliphatic heterocycles. The summed E-state index contributed by atoms with van der Waals surface area (Å²) in [5.41, 5.74) is 2.14. The summed E-state index contributed by atoms with van der Waals surface area (Å²) in [5, 5.41) is 22.6. The molecule has 1 aromatic heterocycles. The fraction of sp³-hybridized carbons (Fsp3) is 0.400. The summed E-state index contributed by atoms with van der Waals surface area (Å²) < 4.78 is 0. The van der Waals surface area contributed by atoms with Crippen molar-refractivity contribution < 1.29 is 5.11 Å². The van der Waals surface area contributed by atoms with E-state index in [0.717, 1.165) is 24.3 Å². The lowest BCUT2D eigenvalue weighted by Crippen LogP contribution is -2.39. The van der Waals surface area contributed by atoms with E-state index >= 15 is 0 Å². The second-order valence-electron chi connectivity index (χ2n) is 6.98. The van der Waals surface area contributed by atoms with Crippen LogP contribution in [0.15, 0.2) is 41.5 Å². The molecule has 130 valence electrons. The summed E-state index contributed by atoms with van der Waals surface area (Å²) in [7, 11) is 0. The number of rotatable bonds is 4. The maximum absolute atomic E-state index is 10.5. The van der Waals surface area contributed by atoms with Gasteiger partial charge >= 0.3 is 0 Å². The molecule has 1 fully saturated rings. The van der Waals surface area contributed by atoms with E-state index in [1.165, 1.54) is 17.8 Å². The van der Waals surface area contributed by atoms with Gasteiger partial charge < -0.3 is 5.11 Å². The Bertz CT molecular complexity index is 781. The second kappa shape index (κ2) is 7.81. The average Bonchev–Trinajstić information content (AvgIpc) is 3.05. The third-order valence-corrected chi connectivity index (χ3v) is 5.37. The Balaban J connectivity index is 1.80. The summed E-state index contributed by atoms with van der Waals surface area (Å²) in [4.78, 5) is 6.79. The van der Waals surface area contributed by atoms with E-state index in [-0.39, 0.29) is 11.3 Å². The minimum absolute atomic E-state index is 0.123. The number of piperidine rings is 1. The van der Waals surface area contributed by atoms with Gasteiger partial charge in [-0.3, -0.25) is 4.90 Å². The number of hydrogen-bond donors (Lipinski definition) is 1. The molecule has 0 aliphatic carbocycles. The molecule has 5 heteroatoms. The first-order valence-corrected chi connectivity index (χ1v) is 9.50. The van der Waals surface area contributed by atoms with Crippen LogP contribution in [0.1, 0.15) is 25.3 Å². The van der Waals surface area contributed by atoms with Gasteiger partial charge in [-0.15, -0.1) is 11.3 Å². The Kier molecular flexibility index (Phi) is 5.52. The lowest BCUT2D eigenvalue weighted by molar-refractivity contribution is 0.138. The molecule has 2 unspecified atom stereocenters. The lowest BCUT2D eigenvalue weighted by atomic mass is 9.92. The van der Waals surface area contributed by atoms with Crippen LogP contribution >= 0.6 is 11.3 Å². The van der Waals surface area contributed by atoms with E-state index in [2.05, 4.69) is 29.8 Å². The third kappa shape index (κ3) is 4.28. The number of aromatic nitrogens is 1. The van der Waals surface area contributed by atoms with Gasteiger partial charge in [0.1, 0.15) is 22.4 Å². The molecular formula is C20H23N3OS. The predicted molar refractivity (Wildman–Crippen MR) is 102 cm³/mol. The van der Waals surface area contributed by atoms with E-state index in [1.807, 2.05) is 35.7 Å². The normalized spacial score (nSPS) is 22.3. The molecule has 1 saturated heterocycles.